The number of hydrogen-bond donors (Lipinski definition) is 1. The van der Waals surface area contributed by atoms with Crippen molar-refractivity contribution < 1.29 is 18.0 Å². The molecular formula is C35H37Cl2N3O4S. The van der Waals surface area contributed by atoms with Crippen molar-refractivity contribution in [1.82, 2.24) is 10.2 Å². The van der Waals surface area contributed by atoms with Gasteiger partial charge in [-0.15, -0.1) is 0 Å². The van der Waals surface area contributed by atoms with Gasteiger partial charge in [0, 0.05) is 29.6 Å². The Labute approximate surface area is 275 Å². The first kappa shape index (κ1) is 34.0. The summed E-state index contributed by atoms with van der Waals surface area (Å²) in [6.45, 7) is 7.10. The van der Waals surface area contributed by atoms with Gasteiger partial charge in [-0.1, -0.05) is 89.4 Å². The number of nitrogens with zero attached hydrogens (tertiary/aromatic N) is 2. The Morgan fingerprint density at radius 1 is 0.844 bits per heavy atom. The number of aryl methyl sites for hydroxylation is 3. The van der Waals surface area contributed by atoms with E-state index in [1.807, 2.05) is 56.3 Å². The Balaban J connectivity index is 1.84. The summed E-state index contributed by atoms with van der Waals surface area (Å²) in [5, 5.41) is 3.61. The van der Waals surface area contributed by atoms with E-state index in [1.54, 1.807) is 50.2 Å². The summed E-state index contributed by atoms with van der Waals surface area (Å²) in [4.78, 5) is 29.7. The molecule has 0 spiro atoms. The van der Waals surface area contributed by atoms with Gasteiger partial charge in [0.15, 0.2) is 0 Å². The fourth-order valence-corrected chi connectivity index (χ4v) is 6.96. The highest BCUT2D eigenvalue weighted by molar-refractivity contribution is 7.92. The molecule has 10 heteroatoms. The summed E-state index contributed by atoms with van der Waals surface area (Å²) in [5.41, 5.74) is 4.21. The minimum absolute atomic E-state index is 0.0469. The maximum Gasteiger partial charge on any atom is 0.264 e. The van der Waals surface area contributed by atoms with Gasteiger partial charge in [0.1, 0.15) is 12.6 Å². The van der Waals surface area contributed by atoms with Gasteiger partial charge in [-0.05, 0) is 80.3 Å². The van der Waals surface area contributed by atoms with Crippen molar-refractivity contribution in [2.24, 2.45) is 0 Å². The van der Waals surface area contributed by atoms with Crippen LogP contribution in [0.4, 0.5) is 5.69 Å². The Morgan fingerprint density at radius 3 is 2.16 bits per heavy atom. The lowest BCUT2D eigenvalue weighted by Gasteiger charge is -2.34. The van der Waals surface area contributed by atoms with Crippen molar-refractivity contribution in [2.45, 2.75) is 51.6 Å². The predicted molar refractivity (Wildman–Crippen MR) is 181 cm³/mol. The number of nitrogens with one attached hydrogen (secondary N) is 1. The molecule has 1 atom stereocenters. The van der Waals surface area contributed by atoms with Crippen LogP contribution in [0.15, 0.2) is 95.9 Å². The number of hydrogen-bond acceptors (Lipinski definition) is 4. The summed E-state index contributed by atoms with van der Waals surface area (Å²) in [6.07, 6.45) is 0.206. The monoisotopic (exact) mass is 665 g/mol. The molecule has 0 aliphatic heterocycles. The number of amides is 2. The van der Waals surface area contributed by atoms with E-state index in [9.17, 15) is 18.0 Å². The van der Waals surface area contributed by atoms with Gasteiger partial charge in [0.2, 0.25) is 11.8 Å². The van der Waals surface area contributed by atoms with Crippen molar-refractivity contribution in [3.8, 4) is 0 Å². The lowest BCUT2D eigenvalue weighted by atomic mass is 10.0. The molecule has 1 N–H and O–H groups in total. The first-order chi connectivity index (χ1) is 21.4. The molecule has 0 aliphatic rings. The zero-order chi connectivity index (χ0) is 32.7. The number of halogens is 2. The van der Waals surface area contributed by atoms with E-state index in [4.69, 9.17) is 23.2 Å². The lowest BCUT2D eigenvalue weighted by Crippen LogP contribution is -2.53. The van der Waals surface area contributed by atoms with Crippen LogP contribution in [0.2, 0.25) is 10.0 Å². The van der Waals surface area contributed by atoms with E-state index in [0.717, 1.165) is 21.0 Å². The van der Waals surface area contributed by atoms with Crippen LogP contribution in [0.3, 0.4) is 0 Å². The predicted octanol–water partition coefficient (Wildman–Crippen LogP) is 6.89. The third-order valence-electron chi connectivity index (χ3n) is 7.50. The number of carbonyl (C=O) groups excluding carboxylic acids is 2. The van der Waals surface area contributed by atoms with Crippen LogP contribution >= 0.6 is 23.2 Å². The second kappa shape index (κ2) is 15.0. The molecule has 236 valence electrons. The Kier molecular flexibility index (Phi) is 11.3. The molecule has 7 nitrogen and oxygen atoms in total. The van der Waals surface area contributed by atoms with Crippen molar-refractivity contribution in [3.05, 3.63) is 129 Å². The number of likely N-dealkylation sites (N-methyl/N-ethyl adjacent to an activating group) is 1. The molecule has 0 bridgehead atoms. The van der Waals surface area contributed by atoms with Gasteiger partial charge >= 0.3 is 0 Å². The largest absolute Gasteiger partial charge is 0.355 e. The van der Waals surface area contributed by atoms with Gasteiger partial charge in [-0.2, -0.15) is 0 Å². The first-order valence-corrected chi connectivity index (χ1v) is 16.8. The van der Waals surface area contributed by atoms with Crippen LogP contribution in [-0.4, -0.2) is 44.3 Å². The fourth-order valence-electron chi connectivity index (χ4n) is 5.02. The number of sulfonamides is 1. The lowest BCUT2D eigenvalue weighted by molar-refractivity contribution is -0.140. The highest BCUT2D eigenvalue weighted by Gasteiger charge is 2.35. The molecule has 2 amide bonds. The van der Waals surface area contributed by atoms with Gasteiger partial charge in [-0.3, -0.25) is 13.9 Å². The molecule has 0 aliphatic carbocycles. The van der Waals surface area contributed by atoms with Crippen molar-refractivity contribution >= 4 is 50.7 Å². The highest BCUT2D eigenvalue weighted by Crippen LogP contribution is 2.30. The topological polar surface area (TPSA) is 86.8 Å². The second-order valence-electron chi connectivity index (χ2n) is 11.0. The maximum atomic E-state index is 14.5. The van der Waals surface area contributed by atoms with Gasteiger partial charge in [0.05, 0.1) is 10.6 Å². The maximum absolute atomic E-state index is 14.5. The van der Waals surface area contributed by atoms with E-state index < -0.39 is 28.5 Å². The Morgan fingerprint density at radius 2 is 1.51 bits per heavy atom. The molecule has 0 unspecified atom stereocenters. The summed E-state index contributed by atoms with van der Waals surface area (Å²) in [6, 6.07) is 25.3. The summed E-state index contributed by atoms with van der Waals surface area (Å²) in [5.74, 6) is -0.927. The number of benzene rings is 4. The molecular weight excluding hydrogens is 629 g/mol. The molecule has 0 saturated carbocycles. The van der Waals surface area contributed by atoms with Crippen LogP contribution < -0.4 is 9.62 Å². The average molecular weight is 667 g/mol. The normalized spacial score (nSPS) is 12.0. The summed E-state index contributed by atoms with van der Waals surface area (Å²) < 4.78 is 29.6. The molecule has 45 heavy (non-hydrogen) atoms. The van der Waals surface area contributed by atoms with Crippen LogP contribution in [0.5, 0.6) is 0 Å². The Hall–Kier alpha value is -3.85. The average Bonchev–Trinajstić information content (AvgIpc) is 3.00. The van der Waals surface area contributed by atoms with Gasteiger partial charge in [0.25, 0.3) is 10.0 Å². The zero-order valence-corrected chi connectivity index (χ0v) is 28.1. The molecule has 4 aromatic carbocycles. The van der Waals surface area contributed by atoms with E-state index >= 15 is 0 Å². The standard InChI is InChI=1S/C35H37Cl2N3O4S/c1-5-38-35(42)33(20-27-9-7-6-8-10-27)39(22-28-15-16-29(36)21-31(28)37)34(41)23-40(32-19-25(3)11-14-26(32)4)45(43,44)30-17-12-24(2)13-18-30/h6-19,21,33H,5,20,22-23H2,1-4H3,(H,38,42)/t33-/m0/s1. The van der Waals surface area contributed by atoms with Crippen molar-refractivity contribution in [3.63, 3.8) is 0 Å². The number of rotatable bonds is 12. The fraction of sp³-hybridized carbons (Fsp3) is 0.257. The number of carbonyl (C=O) groups is 2. The molecule has 0 saturated heterocycles. The van der Waals surface area contributed by atoms with Crippen molar-refractivity contribution in [1.29, 1.82) is 0 Å². The third-order valence-corrected chi connectivity index (χ3v) is 9.86. The van der Waals surface area contributed by atoms with E-state index in [2.05, 4.69) is 5.32 Å². The van der Waals surface area contributed by atoms with Crippen molar-refractivity contribution in [2.75, 3.05) is 17.4 Å². The molecule has 4 aromatic rings. The summed E-state index contributed by atoms with van der Waals surface area (Å²) in [7, 11) is -4.20. The molecule has 0 aromatic heterocycles. The summed E-state index contributed by atoms with van der Waals surface area (Å²) >= 11 is 12.7. The smallest absolute Gasteiger partial charge is 0.264 e. The molecule has 4 rings (SSSR count). The Bertz CT molecular complexity index is 1760. The van der Waals surface area contributed by atoms with Crippen LogP contribution in [0.25, 0.3) is 0 Å². The third kappa shape index (κ3) is 8.45. The highest BCUT2D eigenvalue weighted by atomic mass is 35.5. The van der Waals surface area contributed by atoms with E-state index in [0.29, 0.717) is 33.4 Å². The van der Waals surface area contributed by atoms with Crippen LogP contribution in [0.1, 0.15) is 34.7 Å². The van der Waals surface area contributed by atoms with E-state index in [1.165, 1.54) is 17.0 Å². The minimum Gasteiger partial charge on any atom is -0.355 e. The minimum atomic E-state index is -4.20. The van der Waals surface area contributed by atoms with Gasteiger partial charge in [-0.25, -0.2) is 8.42 Å². The zero-order valence-electron chi connectivity index (χ0n) is 25.8. The van der Waals surface area contributed by atoms with Crippen LogP contribution in [0, 0.1) is 20.8 Å². The quantitative estimate of drug-likeness (QED) is 0.179. The molecule has 0 fully saturated rings. The molecule has 0 radical (unpaired) electrons. The van der Waals surface area contributed by atoms with E-state index in [-0.39, 0.29) is 23.8 Å². The van der Waals surface area contributed by atoms with Crippen LogP contribution in [-0.2, 0) is 32.6 Å². The second-order valence-corrected chi connectivity index (χ2v) is 13.7. The number of anilines is 1. The SMILES string of the molecule is CCNC(=O)[C@H](Cc1ccccc1)N(Cc1ccc(Cl)cc1Cl)C(=O)CN(c1cc(C)ccc1C)S(=O)(=O)c1ccc(C)cc1. The molecule has 0 heterocycles. The van der Waals surface area contributed by atoms with Gasteiger partial charge < -0.3 is 10.2 Å². The first-order valence-electron chi connectivity index (χ1n) is 14.6.